The molecule has 8 heteroatoms. The summed E-state index contributed by atoms with van der Waals surface area (Å²) < 4.78 is 25.7. The first-order valence-corrected chi connectivity index (χ1v) is 19.8. The molecule has 1 heterocycles. The van der Waals surface area contributed by atoms with Crippen molar-refractivity contribution in [1.82, 2.24) is 0 Å². The van der Waals surface area contributed by atoms with Gasteiger partial charge >= 0.3 is 11.9 Å². The van der Waals surface area contributed by atoms with Crippen LogP contribution in [0.15, 0.2) is 12.2 Å². The van der Waals surface area contributed by atoms with Crippen molar-refractivity contribution < 1.29 is 27.9 Å². The third-order valence-electron chi connectivity index (χ3n) is 9.58. The van der Waals surface area contributed by atoms with E-state index < -0.39 is 33.8 Å². The van der Waals surface area contributed by atoms with E-state index in [1.807, 2.05) is 6.92 Å². The molecule has 0 amide bonds. The molecule has 5 aliphatic rings. The summed E-state index contributed by atoms with van der Waals surface area (Å²) in [7, 11) is -2.53. The van der Waals surface area contributed by atoms with E-state index in [2.05, 4.69) is 45.9 Å². The molecule has 0 aromatic heterocycles. The Balaban J connectivity index is 1.71. The highest BCUT2D eigenvalue weighted by Crippen LogP contribution is 2.78. The number of esters is 2. The fourth-order valence-corrected chi connectivity index (χ4v) is 11.2. The van der Waals surface area contributed by atoms with Crippen LogP contribution in [-0.4, -0.2) is 53.5 Å². The maximum Gasteiger partial charge on any atom is 0.315 e. The molecular weight excluding hydrogens is 464 g/mol. The Morgan fingerprint density at radius 1 is 1.06 bits per heavy atom. The topological polar surface area (TPSA) is 71.1 Å². The van der Waals surface area contributed by atoms with Crippen LogP contribution in [0.5, 0.6) is 0 Å². The summed E-state index contributed by atoms with van der Waals surface area (Å²) in [5, 5.41) is 0. The molecule has 4 aliphatic carbocycles. The second kappa shape index (κ2) is 7.29. The first kappa shape index (κ1) is 24.7. The number of carbonyl (C=O) groups is 2. The first-order valence-electron chi connectivity index (χ1n) is 12.9. The van der Waals surface area contributed by atoms with Gasteiger partial charge in [0.1, 0.15) is 5.60 Å². The van der Waals surface area contributed by atoms with Gasteiger partial charge in [0.15, 0.2) is 16.6 Å². The molecule has 190 valence electrons. The Morgan fingerprint density at radius 2 is 1.71 bits per heavy atom. The molecule has 1 saturated heterocycles. The van der Waals surface area contributed by atoms with Crippen LogP contribution in [0.25, 0.3) is 0 Å². The van der Waals surface area contributed by atoms with Crippen LogP contribution in [0.2, 0.25) is 39.3 Å². The molecule has 1 aliphatic heterocycles. The summed E-state index contributed by atoms with van der Waals surface area (Å²) in [5.41, 5.74) is -0.655. The molecule has 5 rings (SSSR count). The zero-order valence-electron chi connectivity index (χ0n) is 22.2. The second-order valence-electron chi connectivity index (χ2n) is 13.8. The highest BCUT2D eigenvalue weighted by atomic mass is 28.4. The van der Waals surface area contributed by atoms with E-state index in [9.17, 15) is 9.59 Å². The highest BCUT2D eigenvalue weighted by molar-refractivity contribution is 6.70. The Bertz CT molecular complexity index is 937. The third-order valence-corrected chi connectivity index (χ3v) is 11.6. The second-order valence-corrected chi connectivity index (χ2v) is 22.7. The lowest BCUT2D eigenvalue weighted by Gasteiger charge is -2.51. The first-order chi connectivity index (χ1) is 15.6. The summed E-state index contributed by atoms with van der Waals surface area (Å²) in [6.07, 6.45) is 3.74. The number of rotatable bonds is 5. The number of hydrogen-bond acceptors (Lipinski definition) is 6. The van der Waals surface area contributed by atoms with Crippen molar-refractivity contribution in [3.8, 4) is 0 Å². The average Bonchev–Trinajstić information content (AvgIpc) is 3.15. The number of carbonyl (C=O) groups excluding carboxylic acids is 2. The lowest BCUT2D eigenvalue weighted by atomic mass is 9.58. The number of allylic oxidation sites excluding steroid dienone is 1. The predicted octanol–water partition coefficient (Wildman–Crippen LogP) is 4.91. The minimum Gasteiger partial charge on any atom is -0.469 e. The number of ether oxygens (including phenoxy) is 2. The Hall–Kier alpha value is -0.966. The molecule has 0 N–H and O–H groups in total. The van der Waals surface area contributed by atoms with Crippen LogP contribution < -0.4 is 0 Å². The van der Waals surface area contributed by atoms with Crippen molar-refractivity contribution in [2.75, 3.05) is 7.11 Å². The van der Waals surface area contributed by atoms with E-state index in [0.29, 0.717) is 12.3 Å². The lowest BCUT2D eigenvalue weighted by Crippen LogP contribution is -2.63. The summed E-state index contributed by atoms with van der Waals surface area (Å²) in [6, 6.07) is 0. The average molecular weight is 507 g/mol. The van der Waals surface area contributed by atoms with E-state index in [1.54, 1.807) is 0 Å². The molecule has 9 atom stereocenters. The largest absolute Gasteiger partial charge is 0.469 e. The zero-order valence-corrected chi connectivity index (χ0v) is 24.2. The number of fused-ring (bicyclic) bond motifs is 1. The normalized spacial score (nSPS) is 47.3. The van der Waals surface area contributed by atoms with Crippen molar-refractivity contribution in [2.24, 2.45) is 34.5 Å². The van der Waals surface area contributed by atoms with Gasteiger partial charge in [-0.2, -0.15) is 0 Å². The van der Waals surface area contributed by atoms with Crippen LogP contribution >= 0.6 is 0 Å². The van der Waals surface area contributed by atoms with Crippen molar-refractivity contribution in [2.45, 2.75) is 96.1 Å². The smallest absolute Gasteiger partial charge is 0.315 e. The number of hydrogen-bond donors (Lipinski definition) is 0. The summed E-state index contributed by atoms with van der Waals surface area (Å²) in [6.45, 7) is 19.4. The molecule has 0 radical (unpaired) electrons. The predicted molar refractivity (Wildman–Crippen MR) is 134 cm³/mol. The van der Waals surface area contributed by atoms with Crippen molar-refractivity contribution >= 4 is 28.6 Å². The maximum atomic E-state index is 13.9. The quantitative estimate of drug-likeness (QED) is 0.300. The van der Waals surface area contributed by atoms with E-state index >= 15 is 0 Å². The highest BCUT2D eigenvalue weighted by Gasteiger charge is 2.85. The standard InChI is InChI=1S/C26H42O6Si2/c1-15-12-25-13-16(15)10-11-18(25)26-14-17(31-33(4,5)6)21(32-34(7,8)9)24(2,23(28)30-26)20(26)19(25)22(27)29-3/h16-21H,1,10-14H2,2-9H3/t16?,17-,18+,19+,20+,21+,24?,25-,26+/m0/s1. The molecule has 0 aromatic rings. The summed E-state index contributed by atoms with van der Waals surface area (Å²) in [4.78, 5) is 27.5. The van der Waals surface area contributed by atoms with Crippen LogP contribution in [-0.2, 0) is 27.9 Å². The van der Waals surface area contributed by atoms with Crippen molar-refractivity contribution in [3.63, 3.8) is 0 Å². The van der Waals surface area contributed by atoms with E-state index in [4.69, 9.17) is 18.3 Å². The van der Waals surface area contributed by atoms with E-state index in [-0.39, 0.29) is 41.2 Å². The zero-order chi connectivity index (χ0) is 25.1. The number of methoxy groups -OCH3 is 1. The Labute approximate surface area is 206 Å². The van der Waals surface area contributed by atoms with Gasteiger partial charge in [-0.05, 0) is 83.2 Å². The molecule has 1 spiro atoms. The molecule has 6 nitrogen and oxygen atoms in total. The lowest BCUT2D eigenvalue weighted by molar-refractivity contribution is -0.164. The van der Waals surface area contributed by atoms with E-state index in [0.717, 1.165) is 25.7 Å². The molecule has 34 heavy (non-hydrogen) atoms. The van der Waals surface area contributed by atoms with E-state index in [1.165, 1.54) is 12.7 Å². The van der Waals surface area contributed by atoms with Gasteiger partial charge in [0.25, 0.3) is 0 Å². The minimum atomic E-state index is -2.05. The van der Waals surface area contributed by atoms with Gasteiger partial charge in [-0.3, -0.25) is 9.59 Å². The molecule has 0 aromatic carbocycles. The molecule has 2 unspecified atom stereocenters. The van der Waals surface area contributed by atoms with Crippen LogP contribution in [0.4, 0.5) is 0 Å². The van der Waals surface area contributed by atoms with Crippen LogP contribution in [0.1, 0.15) is 39.0 Å². The molecule has 4 bridgehead atoms. The van der Waals surface area contributed by atoms with Gasteiger partial charge < -0.3 is 18.3 Å². The SMILES string of the molecule is C=C1C[C@]23CC1CC[C@H]2[C@@]12C[C@H](O[Si](C)(C)C)[C@@H](O[Si](C)(C)C)C(C)(C(=O)O1)[C@H]2[C@@H]3C(=O)OC. The Kier molecular flexibility index (Phi) is 5.30. The fraction of sp³-hybridized carbons (Fsp3) is 0.846. The Morgan fingerprint density at radius 3 is 2.29 bits per heavy atom. The third kappa shape index (κ3) is 3.17. The van der Waals surface area contributed by atoms with Gasteiger partial charge in [-0.1, -0.05) is 12.2 Å². The summed E-state index contributed by atoms with van der Waals surface area (Å²) >= 11 is 0. The molecular formula is C26H42O6Si2. The van der Waals surface area contributed by atoms with Crippen molar-refractivity contribution in [1.29, 1.82) is 0 Å². The van der Waals surface area contributed by atoms with Crippen LogP contribution in [0, 0.1) is 34.5 Å². The van der Waals surface area contributed by atoms with Crippen molar-refractivity contribution in [3.05, 3.63) is 12.2 Å². The molecule has 5 fully saturated rings. The monoisotopic (exact) mass is 506 g/mol. The minimum absolute atomic E-state index is 0.121. The maximum absolute atomic E-state index is 13.9. The molecule has 4 saturated carbocycles. The van der Waals surface area contributed by atoms with Gasteiger partial charge in [-0.25, -0.2) is 0 Å². The summed E-state index contributed by atoms with van der Waals surface area (Å²) in [5.74, 6) is -0.502. The van der Waals surface area contributed by atoms with Crippen LogP contribution in [0.3, 0.4) is 0 Å². The van der Waals surface area contributed by atoms with Gasteiger partial charge in [0.05, 0.1) is 30.7 Å². The van der Waals surface area contributed by atoms with Gasteiger partial charge in [0.2, 0.25) is 0 Å². The van der Waals surface area contributed by atoms with Gasteiger partial charge in [0, 0.05) is 18.3 Å². The van der Waals surface area contributed by atoms with Gasteiger partial charge in [-0.15, -0.1) is 0 Å². The fourth-order valence-electron chi connectivity index (χ4n) is 8.93.